The van der Waals surface area contributed by atoms with Gasteiger partial charge in [-0.2, -0.15) is 0 Å². The molecule has 0 bridgehead atoms. The summed E-state index contributed by atoms with van der Waals surface area (Å²) >= 11 is 5.82. The number of rotatable bonds is 3. The zero-order chi connectivity index (χ0) is 25.7. The Morgan fingerprint density at radius 1 is 1.06 bits per heavy atom. The van der Waals surface area contributed by atoms with Crippen molar-refractivity contribution in [1.82, 2.24) is 24.1 Å². The van der Waals surface area contributed by atoms with E-state index in [0.717, 1.165) is 16.7 Å². The van der Waals surface area contributed by atoms with Crippen molar-refractivity contribution in [2.24, 2.45) is 7.05 Å². The maximum Gasteiger partial charge on any atom is 0.279 e. The summed E-state index contributed by atoms with van der Waals surface area (Å²) in [4.78, 5) is 39.3. The minimum Gasteiger partial charge on any atom is -0.373 e. The molecule has 0 saturated carbocycles. The molecule has 36 heavy (non-hydrogen) atoms. The van der Waals surface area contributed by atoms with E-state index >= 15 is 8.78 Å². The number of benzene rings is 1. The second-order valence-corrected chi connectivity index (χ2v) is 9.32. The third-order valence-electron chi connectivity index (χ3n) is 6.51. The highest BCUT2D eigenvalue weighted by atomic mass is 35.5. The van der Waals surface area contributed by atoms with Gasteiger partial charge in [0.25, 0.3) is 11.1 Å². The highest BCUT2D eigenvalue weighted by Crippen LogP contribution is 2.36. The Morgan fingerprint density at radius 2 is 1.75 bits per heavy atom. The molecule has 5 rings (SSSR count). The fourth-order valence-corrected chi connectivity index (χ4v) is 4.63. The average molecular weight is 514 g/mol. The maximum absolute atomic E-state index is 15.0. The Bertz CT molecular complexity index is 1610. The van der Waals surface area contributed by atoms with Gasteiger partial charge in [0.15, 0.2) is 22.9 Å². The summed E-state index contributed by atoms with van der Waals surface area (Å²) in [5.74, 6) is -2.42. The molecular formula is C25H22ClF2N5O3. The van der Waals surface area contributed by atoms with E-state index in [1.54, 1.807) is 33.2 Å². The number of ether oxygens (including phenoxy) is 1. The number of fused-ring (bicyclic) bond motifs is 1. The molecule has 0 spiro atoms. The van der Waals surface area contributed by atoms with Crippen LogP contribution in [0.15, 0.2) is 40.1 Å². The molecule has 2 atom stereocenters. The van der Waals surface area contributed by atoms with Crippen LogP contribution in [0.5, 0.6) is 0 Å². The van der Waals surface area contributed by atoms with Crippen molar-refractivity contribution in [2.45, 2.75) is 38.7 Å². The number of halogens is 3. The minimum absolute atomic E-state index is 0.0536. The molecule has 0 unspecified atom stereocenters. The number of nitrogens with zero attached hydrogens (tertiary/aromatic N) is 5. The molecule has 0 amide bonds. The molecule has 11 heteroatoms. The molecule has 3 aromatic heterocycles. The smallest absolute Gasteiger partial charge is 0.279 e. The average Bonchev–Trinajstić information content (AvgIpc) is 2.83. The number of pyridine rings is 1. The Labute approximate surface area is 209 Å². The molecular weight excluding hydrogens is 492 g/mol. The van der Waals surface area contributed by atoms with Crippen LogP contribution in [0.4, 0.5) is 8.78 Å². The van der Waals surface area contributed by atoms with Crippen molar-refractivity contribution in [1.29, 1.82) is 0 Å². The fraction of sp³-hybridized carbons (Fsp3) is 0.320. The summed E-state index contributed by atoms with van der Waals surface area (Å²) in [6.45, 7) is 3.74. The molecule has 0 radical (unpaired) electrons. The van der Waals surface area contributed by atoms with Crippen molar-refractivity contribution in [3.05, 3.63) is 90.5 Å². The van der Waals surface area contributed by atoms with Gasteiger partial charge >= 0.3 is 0 Å². The van der Waals surface area contributed by atoms with E-state index in [2.05, 4.69) is 15.0 Å². The summed E-state index contributed by atoms with van der Waals surface area (Å²) in [5, 5.41) is -0.139. The van der Waals surface area contributed by atoms with Crippen molar-refractivity contribution < 1.29 is 13.5 Å². The molecule has 186 valence electrons. The van der Waals surface area contributed by atoms with Gasteiger partial charge in [-0.25, -0.2) is 23.7 Å². The van der Waals surface area contributed by atoms with E-state index in [1.807, 2.05) is 0 Å². The van der Waals surface area contributed by atoms with Gasteiger partial charge in [-0.15, -0.1) is 0 Å². The molecule has 1 aliphatic rings. The first-order chi connectivity index (χ1) is 17.1. The van der Waals surface area contributed by atoms with Crippen LogP contribution in [-0.2, 0) is 11.8 Å². The van der Waals surface area contributed by atoms with Crippen molar-refractivity contribution in [3.8, 4) is 5.69 Å². The first-order valence-electron chi connectivity index (χ1n) is 11.3. The largest absolute Gasteiger partial charge is 0.373 e. The topological polar surface area (TPSA) is 91.9 Å². The van der Waals surface area contributed by atoms with Crippen LogP contribution < -0.4 is 11.1 Å². The van der Waals surface area contributed by atoms with Gasteiger partial charge in [-0.05, 0) is 50.5 Å². The summed E-state index contributed by atoms with van der Waals surface area (Å²) in [6, 6.07) is 5.16. The summed E-state index contributed by atoms with van der Waals surface area (Å²) < 4.78 is 38.2. The van der Waals surface area contributed by atoms with Crippen LogP contribution in [0.3, 0.4) is 0 Å². The summed E-state index contributed by atoms with van der Waals surface area (Å²) in [5.41, 5.74) is 0.431. The first-order valence-corrected chi connectivity index (χ1v) is 11.7. The van der Waals surface area contributed by atoms with Gasteiger partial charge < -0.3 is 9.30 Å². The lowest BCUT2D eigenvalue weighted by Gasteiger charge is -2.29. The van der Waals surface area contributed by atoms with Crippen LogP contribution in [0.2, 0.25) is 5.02 Å². The predicted octanol–water partition coefficient (Wildman–Crippen LogP) is 4.06. The van der Waals surface area contributed by atoms with E-state index in [1.165, 1.54) is 10.6 Å². The molecule has 0 N–H and O–H groups in total. The van der Waals surface area contributed by atoms with Crippen LogP contribution in [-0.4, -0.2) is 30.7 Å². The first kappa shape index (κ1) is 24.2. The molecule has 1 aromatic carbocycles. The monoisotopic (exact) mass is 513 g/mol. The number of hydrogen-bond donors (Lipinski definition) is 0. The van der Waals surface area contributed by atoms with Gasteiger partial charge in [-0.1, -0.05) is 11.6 Å². The standard InChI is InChI=1S/C25H22ClF2N5O3/c1-12-13(2)30-24-23(29-12)31-21(25(35)33(24)22-17(27)10-16(26)11-18(22)28)15-5-7-36-19(8-15)14-4-6-32(3)20(34)9-14/h4,6,9-11,15,19H,5,7-8H2,1-3H3/t15-,19+/m0/s1. The normalized spacial score (nSPS) is 18.1. The van der Waals surface area contributed by atoms with Crippen LogP contribution in [0, 0.1) is 25.5 Å². The maximum atomic E-state index is 15.0. The Morgan fingerprint density at radius 3 is 2.44 bits per heavy atom. The predicted molar refractivity (Wildman–Crippen MR) is 130 cm³/mol. The van der Waals surface area contributed by atoms with Gasteiger partial charge in [0, 0.05) is 36.9 Å². The van der Waals surface area contributed by atoms with E-state index in [0.29, 0.717) is 36.4 Å². The summed E-state index contributed by atoms with van der Waals surface area (Å²) in [7, 11) is 1.65. The number of hydrogen-bond acceptors (Lipinski definition) is 6. The van der Waals surface area contributed by atoms with Gasteiger partial charge in [0.05, 0.1) is 17.5 Å². The van der Waals surface area contributed by atoms with Gasteiger partial charge in [0.1, 0.15) is 11.4 Å². The molecule has 0 aliphatic carbocycles. The van der Waals surface area contributed by atoms with Crippen molar-refractivity contribution >= 4 is 22.9 Å². The lowest BCUT2D eigenvalue weighted by atomic mass is 9.89. The van der Waals surface area contributed by atoms with E-state index in [4.69, 9.17) is 16.3 Å². The molecule has 1 fully saturated rings. The molecule has 1 saturated heterocycles. The molecule has 4 aromatic rings. The minimum atomic E-state index is -1.01. The molecule has 8 nitrogen and oxygen atoms in total. The zero-order valence-corrected chi connectivity index (χ0v) is 20.5. The second kappa shape index (κ2) is 9.18. The summed E-state index contributed by atoms with van der Waals surface area (Å²) in [6.07, 6.45) is 2.01. The number of aromatic nitrogens is 5. The van der Waals surface area contributed by atoms with Crippen molar-refractivity contribution in [2.75, 3.05) is 6.61 Å². The lowest BCUT2D eigenvalue weighted by Crippen LogP contribution is -2.31. The Hall–Kier alpha value is -3.50. The third-order valence-corrected chi connectivity index (χ3v) is 6.73. The lowest BCUT2D eigenvalue weighted by molar-refractivity contribution is 0.00429. The molecule has 4 heterocycles. The van der Waals surface area contributed by atoms with Crippen molar-refractivity contribution in [3.63, 3.8) is 0 Å². The van der Waals surface area contributed by atoms with E-state index < -0.39 is 34.9 Å². The Kier molecular flexibility index (Phi) is 6.17. The van der Waals surface area contributed by atoms with Crippen LogP contribution in [0.25, 0.3) is 17.0 Å². The second-order valence-electron chi connectivity index (χ2n) is 8.89. The van der Waals surface area contributed by atoms with Crippen LogP contribution in [0.1, 0.15) is 47.5 Å². The van der Waals surface area contributed by atoms with Crippen LogP contribution >= 0.6 is 11.6 Å². The quantitative estimate of drug-likeness (QED) is 0.410. The van der Waals surface area contributed by atoms with Gasteiger partial charge in [0.2, 0.25) is 0 Å². The fourth-order valence-electron chi connectivity index (χ4n) is 4.44. The van der Waals surface area contributed by atoms with Gasteiger partial charge in [-0.3, -0.25) is 14.2 Å². The number of aryl methyl sites for hydroxylation is 3. The SMILES string of the molecule is Cc1nc2nc([C@H]3CCO[C@@H](c4ccn(C)c(=O)c4)C3)c(=O)n(-c3c(F)cc(Cl)cc3F)c2nc1C. The highest BCUT2D eigenvalue weighted by Gasteiger charge is 2.31. The van der Waals surface area contributed by atoms with E-state index in [9.17, 15) is 9.59 Å². The Balaban J connectivity index is 1.70. The van der Waals surface area contributed by atoms with E-state index in [-0.39, 0.29) is 27.6 Å². The highest BCUT2D eigenvalue weighted by molar-refractivity contribution is 6.30. The third kappa shape index (κ3) is 4.20. The zero-order valence-electron chi connectivity index (χ0n) is 19.8. The molecule has 1 aliphatic heterocycles.